The van der Waals surface area contributed by atoms with Crippen molar-refractivity contribution in [3.05, 3.63) is 360 Å². The van der Waals surface area contributed by atoms with E-state index in [9.17, 15) is 0 Å². The molecule has 0 amide bonds. The van der Waals surface area contributed by atoms with Gasteiger partial charge in [0, 0.05) is 33.5 Å². The average molecular weight is 1020 g/mol. The van der Waals surface area contributed by atoms with Gasteiger partial charge in [0.1, 0.15) is 0 Å². The molecule has 0 saturated carbocycles. The number of hydrogen-bond acceptors (Lipinski definition) is 2. The molecule has 374 valence electrons. The monoisotopic (exact) mass is 1020 g/mol. The van der Waals surface area contributed by atoms with Gasteiger partial charge in [-0.1, -0.05) is 255 Å². The van der Waals surface area contributed by atoms with Crippen LogP contribution < -0.4 is 9.80 Å². The van der Waals surface area contributed by atoms with Gasteiger partial charge in [0.2, 0.25) is 0 Å². The van der Waals surface area contributed by atoms with Gasteiger partial charge in [0.05, 0.1) is 22.2 Å². The van der Waals surface area contributed by atoms with Crippen molar-refractivity contribution in [2.24, 2.45) is 0 Å². The van der Waals surface area contributed by atoms with Crippen molar-refractivity contribution in [1.29, 1.82) is 0 Å². The zero-order chi connectivity index (χ0) is 52.8. The zero-order valence-corrected chi connectivity index (χ0v) is 43.9. The molecule has 0 fully saturated rings. The lowest BCUT2D eigenvalue weighted by atomic mass is 9.67. The van der Waals surface area contributed by atoms with E-state index in [4.69, 9.17) is 0 Å². The van der Waals surface area contributed by atoms with E-state index >= 15 is 0 Å². The number of benzene rings is 14. The lowest BCUT2D eigenvalue weighted by Gasteiger charge is -2.35. The van der Waals surface area contributed by atoms with Gasteiger partial charge >= 0.3 is 0 Å². The van der Waals surface area contributed by atoms with Crippen LogP contribution in [-0.2, 0) is 10.8 Å². The van der Waals surface area contributed by atoms with Crippen LogP contribution in [0.1, 0.15) is 44.5 Å². The van der Waals surface area contributed by atoms with E-state index < -0.39 is 10.8 Å². The van der Waals surface area contributed by atoms with Gasteiger partial charge in [-0.15, -0.1) is 0 Å². The number of anilines is 6. The Bertz CT molecular complexity index is 4270. The summed E-state index contributed by atoms with van der Waals surface area (Å²) in [4.78, 5) is 4.96. The normalized spacial score (nSPS) is 13.4. The Hall–Kier alpha value is -10.3. The third-order valence-electron chi connectivity index (χ3n) is 17.5. The Morgan fingerprint density at radius 1 is 0.212 bits per heavy atom. The Balaban J connectivity index is 0.899. The van der Waals surface area contributed by atoms with Crippen molar-refractivity contribution in [1.82, 2.24) is 0 Å². The first-order chi connectivity index (χ1) is 39.7. The second kappa shape index (κ2) is 18.2. The SMILES string of the molecule is c1ccc(N(c2cccc(C3(c4ccccc4)c4ccccc4-c4ccccc43)c2)c2ccc3ccc4c(N(c5ccccc5)c5cccc(C6(c7ccccc7)c7ccccc7-c7ccccc76)c5)ccc5ccc2c3c54)cc1. The molecule has 0 unspecified atom stereocenters. The predicted molar refractivity (Wildman–Crippen MR) is 334 cm³/mol. The first kappa shape index (κ1) is 45.9. The van der Waals surface area contributed by atoms with Crippen molar-refractivity contribution in [2.45, 2.75) is 10.8 Å². The Morgan fingerprint density at radius 3 is 0.863 bits per heavy atom. The van der Waals surface area contributed by atoms with Crippen LogP contribution in [0.4, 0.5) is 34.1 Å². The minimum absolute atomic E-state index is 0.537. The summed E-state index contributed by atoms with van der Waals surface area (Å²) >= 11 is 0. The van der Waals surface area contributed by atoms with E-state index in [2.05, 4.69) is 325 Å². The molecule has 80 heavy (non-hydrogen) atoms. The van der Waals surface area contributed by atoms with Crippen LogP contribution in [0.15, 0.2) is 315 Å². The molecule has 2 aliphatic rings. The minimum Gasteiger partial charge on any atom is -0.310 e. The topological polar surface area (TPSA) is 6.48 Å². The quantitative estimate of drug-likeness (QED) is 0.126. The highest BCUT2D eigenvalue weighted by Gasteiger charge is 2.47. The smallest absolute Gasteiger partial charge is 0.0714 e. The minimum atomic E-state index is -0.537. The Morgan fingerprint density at radius 2 is 0.500 bits per heavy atom. The van der Waals surface area contributed by atoms with Crippen LogP contribution in [0, 0.1) is 0 Å². The molecular formula is C78H52N2. The number of nitrogens with zero attached hydrogens (tertiary/aromatic N) is 2. The molecule has 0 aliphatic heterocycles. The van der Waals surface area contributed by atoms with E-state index in [-0.39, 0.29) is 0 Å². The maximum absolute atomic E-state index is 2.48. The summed E-state index contributed by atoms with van der Waals surface area (Å²) < 4.78 is 0. The first-order valence-corrected chi connectivity index (χ1v) is 27.8. The summed E-state index contributed by atoms with van der Waals surface area (Å²) in [5, 5.41) is 7.30. The zero-order valence-electron chi connectivity index (χ0n) is 43.9. The van der Waals surface area contributed by atoms with Crippen LogP contribution in [0.2, 0.25) is 0 Å². The van der Waals surface area contributed by atoms with E-state index in [1.807, 2.05) is 0 Å². The van der Waals surface area contributed by atoms with Crippen LogP contribution in [0.25, 0.3) is 54.6 Å². The molecule has 0 N–H and O–H groups in total. The maximum atomic E-state index is 2.48. The van der Waals surface area contributed by atoms with E-state index in [1.165, 1.54) is 99.1 Å². The van der Waals surface area contributed by atoms with Gasteiger partial charge in [0.25, 0.3) is 0 Å². The first-order valence-electron chi connectivity index (χ1n) is 27.8. The van der Waals surface area contributed by atoms with Gasteiger partial charge in [-0.05, 0) is 149 Å². The lowest BCUT2D eigenvalue weighted by molar-refractivity contribution is 0.768. The van der Waals surface area contributed by atoms with Gasteiger partial charge in [-0.25, -0.2) is 0 Å². The van der Waals surface area contributed by atoms with Crippen LogP contribution in [0.5, 0.6) is 0 Å². The van der Waals surface area contributed by atoms with Crippen molar-refractivity contribution in [2.75, 3.05) is 9.80 Å². The Labute approximate surface area is 466 Å². The van der Waals surface area contributed by atoms with Crippen LogP contribution in [0.3, 0.4) is 0 Å². The molecule has 16 rings (SSSR count). The van der Waals surface area contributed by atoms with Gasteiger partial charge in [-0.3, -0.25) is 0 Å². The van der Waals surface area contributed by atoms with Gasteiger partial charge < -0.3 is 9.80 Å². The van der Waals surface area contributed by atoms with Gasteiger partial charge in [0.15, 0.2) is 0 Å². The van der Waals surface area contributed by atoms with Crippen molar-refractivity contribution >= 4 is 66.4 Å². The molecule has 14 aromatic carbocycles. The third-order valence-corrected chi connectivity index (χ3v) is 17.5. The van der Waals surface area contributed by atoms with E-state index in [0.29, 0.717) is 0 Å². The molecule has 2 nitrogen and oxygen atoms in total. The molecule has 2 aliphatic carbocycles. The lowest BCUT2D eigenvalue weighted by Crippen LogP contribution is -2.28. The summed E-state index contributed by atoms with van der Waals surface area (Å²) in [7, 11) is 0. The number of hydrogen-bond donors (Lipinski definition) is 0. The van der Waals surface area contributed by atoms with Crippen molar-refractivity contribution in [3.63, 3.8) is 0 Å². The standard InChI is InChI=1S/C78H52N2/c1-5-23-55(24-6-1)77(69-39-17-13-35-63(69)64-36-14-18-40-70(64)77)57-27-21-33-61(51-57)79(59-29-9-3-10-30-59)73-49-45-53-44-48-68-74(50-46-54-43-47-67(73)75(53)76(54)68)80(60-31-11-4-12-32-60)62-34-22-28-58(52-62)78(56-25-7-2-8-26-56)71-41-19-15-37-65(71)66-38-16-20-42-72(66)78/h1-52H. The fourth-order valence-corrected chi connectivity index (χ4v) is 14.3. The fraction of sp³-hybridized carbons (Fsp3) is 0.0256. The number of fused-ring (bicyclic) bond motifs is 6. The summed E-state index contributed by atoms with van der Waals surface area (Å²) in [5.41, 5.74) is 20.8. The molecule has 0 saturated heterocycles. The molecule has 0 aromatic heterocycles. The molecule has 0 atom stereocenters. The molecule has 0 radical (unpaired) electrons. The highest BCUT2D eigenvalue weighted by molar-refractivity contribution is 6.28. The van der Waals surface area contributed by atoms with Gasteiger partial charge in [-0.2, -0.15) is 0 Å². The third kappa shape index (κ3) is 6.60. The second-order valence-corrected chi connectivity index (χ2v) is 21.4. The maximum Gasteiger partial charge on any atom is 0.0714 e. The largest absolute Gasteiger partial charge is 0.310 e. The predicted octanol–water partition coefficient (Wildman–Crippen LogP) is 20.2. The van der Waals surface area contributed by atoms with Crippen LogP contribution in [-0.4, -0.2) is 0 Å². The fourth-order valence-electron chi connectivity index (χ4n) is 14.3. The average Bonchev–Trinajstić information content (AvgIpc) is 4.04. The van der Waals surface area contributed by atoms with E-state index in [1.54, 1.807) is 0 Å². The molecule has 0 spiro atoms. The van der Waals surface area contributed by atoms with Crippen molar-refractivity contribution in [3.8, 4) is 22.3 Å². The highest BCUT2D eigenvalue weighted by Crippen LogP contribution is 2.59. The molecule has 0 heterocycles. The number of rotatable bonds is 10. The molecular weight excluding hydrogens is 965 g/mol. The summed E-state index contributed by atoms with van der Waals surface area (Å²) in [6.45, 7) is 0. The van der Waals surface area contributed by atoms with E-state index in [0.717, 1.165) is 34.1 Å². The highest BCUT2D eigenvalue weighted by atomic mass is 15.1. The molecule has 0 bridgehead atoms. The second-order valence-electron chi connectivity index (χ2n) is 21.4. The van der Waals surface area contributed by atoms with Crippen LogP contribution >= 0.6 is 0 Å². The summed E-state index contributed by atoms with van der Waals surface area (Å²) in [6, 6.07) is 117. The Kier molecular flexibility index (Phi) is 10.4. The molecule has 2 heteroatoms. The molecule has 14 aromatic rings. The number of para-hydroxylation sites is 2. The van der Waals surface area contributed by atoms with Crippen molar-refractivity contribution < 1.29 is 0 Å². The summed E-state index contributed by atoms with van der Waals surface area (Å²) in [6.07, 6.45) is 0. The summed E-state index contributed by atoms with van der Waals surface area (Å²) in [5.74, 6) is 0.